The lowest BCUT2D eigenvalue weighted by atomic mass is 9.81. The third-order valence-electron chi connectivity index (χ3n) is 5.73. The largest absolute Gasteiger partial charge is 0.350 e. The molecule has 0 spiro atoms. The number of carbonyl (C=O) groups is 3. The number of para-hydroxylation sites is 1. The molecule has 0 aromatic heterocycles. The molecule has 3 amide bonds. The number of thioether (sulfide) groups is 1. The predicted octanol–water partition coefficient (Wildman–Crippen LogP) is 2.51. The number of likely N-dealkylation sites (tertiary alicyclic amines) is 1. The van der Waals surface area contributed by atoms with Crippen LogP contribution in [0.1, 0.15) is 37.7 Å². The summed E-state index contributed by atoms with van der Waals surface area (Å²) < 4.78 is 0. The van der Waals surface area contributed by atoms with E-state index < -0.39 is 16.9 Å². The smallest absolute Gasteiger partial charge is 0.274 e. The number of hydrogen-bond donors (Lipinski definition) is 1. The van der Waals surface area contributed by atoms with E-state index in [1.807, 2.05) is 6.26 Å². The summed E-state index contributed by atoms with van der Waals surface area (Å²) in [7, 11) is 0. The monoisotopic (exact) mass is 419 g/mol. The van der Waals surface area contributed by atoms with E-state index in [1.54, 1.807) is 18.2 Å². The van der Waals surface area contributed by atoms with Crippen LogP contribution in [0.5, 0.6) is 0 Å². The van der Waals surface area contributed by atoms with Crippen LogP contribution in [0.15, 0.2) is 24.3 Å². The molecule has 156 valence electrons. The number of carbonyl (C=O) groups excluding carboxylic acids is 3. The first kappa shape index (κ1) is 21.3. The van der Waals surface area contributed by atoms with Crippen molar-refractivity contribution in [1.82, 2.24) is 10.2 Å². The highest BCUT2D eigenvalue weighted by Crippen LogP contribution is 2.39. The van der Waals surface area contributed by atoms with Gasteiger partial charge in [-0.3, -0.25) is 29.4 Å². The summed E-state index contributed by atoms with van der Waals surface area (Å²) in [5.74, 6) is -0.932. The number of nitrogens with zero attached hydrogens (tertiary/aromatic N) is 2. The van der Waals surface area contributed by atoms with Crippen LogP contribution in [0.3, 0.4) is 0 Å². The van der Waals surface area contributed by atoms with Gasteiger partial charge in [-0.05, 0) is 31.3 Å². The fraction of sp³-hybridized carbons (Fsp3) is 0.550. The summed E-state index contributed by atoms with van der Waals surface area (Å²) in [5.41, 5.74) is 0.301. The van der Waals surface area contributed by atoms with Crippen LogP contribution in [-0.2, 0) is 20.9 Å². The van der Waals surface area contributed by atoms with E-state index >= 15 is 0 Å². The molecule has 1 aliphatic heterocycles. The molecule has 29 heavy (non-hydrogen) atoms. The summed E-state index contributed by atoms with van der Waals surface area (Å²) in [6.07, 6.45) is 5.49. The maximum absolute atomic E-state index is 13.0. The number of hydrogen-bond acceptors (Lipinski definition) is 6. The third kappa shape index (κ3) is 4.44. The first-order valence-electron chi connectivity index (χ1n) is 9.81. The van der Waals surface area contributed by atoms with Crippen LogP contribution >= 0.6 is 11.8 Å². The second-order valence-electron chi connectivity index (χ2n) is 7.44. The molecular formula is C20H25N3O5S. The van der Waals surface area contributed by atoms with Crippen LogP contribution in [0.2, 0.25) is 0 Å². The van der Waals surface area contributed by atoms with Crippen molar-refractivity contribution in [1.29, 1.82) is 0 Å². The van der Waals surface area contributed by atoms with Gasteiger partial charge in [0.15, 0.2) is 0 Å². The Bertz CT molecular complexity index is 791. The van der Waals surface area contributed by atoms with Crippen molar-refractivity contribution in [3.05, 3.63) is 39.9 Å². The fourth-order valence-electron chi connectivity index (χ4n) is 4.24. The lowest BCUT2D eigenvalue weighted by molar-refractivity contribution is -0.385. The van der Waals surface area contributed by atoms with Gasteiger partial charge in [-0.25, -0.2) is 0 Å². The molecule has 0 radical (unpaired) electrons. The van der Waals surface area contributed by atoms with E-state index in [1.165, 1.54) is 22.7 Å². The zero-order valence-corrected chi connectivity index (χ0v) is 17.2. The summed E-state index contributed by atoms with van der Waals surface area (Å²) in [5, 5.41) is 13.9. The molecule has 8 nitrogen and oxygen atoms in total. The number of fused-ring (bicyclic) bond motifs is 1. The van der Waals surface area contributed by atoms with Crippen LogP contribution in [0, 0.1) is 22.0 Å². The number of benzene rings is 1. The molecule has 3 rings (SSSR count). The normalized spacial score (nSPS) is 22.3. The molecule has 1 N–H and O–H groups in total. The lowest BCUT2D eigenvalue weighted by Gasteiger charge is -2.25. The van der Waals surface area contributed by atoms with E-state index in [4.69, 9.17) is 0 Å². The maximum atomic E-state index is 13.0. The highest BCUT2D eigenvalue weighted by Gasteiger charge is 2.51. The number of imide groups is 1. The molecule has 1 aliphatic carbocycles. The Morgan fingerprint density at radius 2 is 1.86 bits per heavy atom. The van der Waals surface area contributed by atoms with Gasteiger partial charge in [0, 0.05) is 18.2 Å². The molecule has 3 unspecified atom stereocenters. The Kier molecular flexibility index (Phi) is 6.89. The molecule has 1 saturated carbocycles. The SMILES string of the molecule is CSCCC(C(=O)NCc1ccccc1[N+](=O)[O-])N1C(=O)C2CCCCC2C1=O. The standard InChI is InChI=1S/C20H25N3O5S/c1-29-11-10-17(22-19(25)14-7-3-4-8-15(14)20(22)26)18(24)21-12-13-6-2-5-9-16(13)23(27)28/h2,5-6,9,14-15,17H,3-4,7-8,10-12H2,1H3,(H,21,24). The molecule has 2 fully saturated rings. The first-order valence-corrected chi connectivity index (χ1v) is 11.2. The van der Waals surface area contributed by atoms with Crippen LogP contribution in [0.25, 0.3) is 0 Å². The molecule has 0 bridgehead atoms. The highest BCUT2D eigenvalue weighted by molar-refractivity contribution is 7.98. The minimum absolute atomic E-state index is 0.0329. The average molecular weight is 420 g/mol. The lowest BCUT2D eigenvalue weighted by Crippen LogP contribution is -2.50. The molecule has 1 aromatic carbocycles. The summed E-state index contributed by atoms with van der Waals surface area (Å²) >= 11 is 1.54. The Labute approximate surface area is 173 Å². The second kappa shape index (κ2) is 9.39. The topological polar surface area (TPSA) is 110 Å². The molecule has 2 aliphatic rings. The van der Waals surface area contributed by atoms with Crippen molar-refractivity contribution >= 4 is 35.2 Å². The summed E-state index contributed by atoms with van der Waals surface area (Å²) in [6, 6.07) is 5.31. The van der Waals surface area contributed by atoms with Crippen molar-refractivity contribution in [2.45, 2.75) is 44.7 Å². The van der Waals surface area contributed by atoms with Gasteiger partial charge in [-0.1, -0.05) is 31.0 Å². The maximum Gasteiger partial charge on any atom is 0.274 e. The predicted molar refractivity (Wildman–Crippen MR) is 109 cm³/mol. The quantitative estimate of drug-likeness (QED) is 0.394. The van der Waals surface area contributed by atoms with E-state index in [0.29, 0.717) is 30.6 Å². The zero-order chi connectivity index (χ0) is 21.0. The molecular weight excluding hydrogens is 394 g/mol. The summed E-state index contributed by atoms with van der Waals surface area (Å²) in [6.45, 7) is -0.0329. The zero-order valence-electron chi connectivity index (χ0n) is 16.3. The number of nitro groups is 1. The molecule has 1 aromatic rings. The van der Waals surface area contributed by atoms with E-state index in [0.717, 1.165) is 12.8 Å². The number of nitro benzene ring substituents is 1. The number of amides is 3. The minimum Gasteiger partial charge on any atom is -0.350 e. The number of rotatable bonds is 8. The highest BCUT2D eigenvalue weighted by atomic mass is 32.2. The minimum atomic E-state index is -0.879. The van der Waals surface area contributed by atoms with Gasteiger partial charge in [0.25, 0.3) is 5.69 Å². The van der Waals surface area contributed by atoms with Gasteiger partial charge >= 0.3 is 0 Å². The second-order valence-corrected chi connectivity index (χ2v) is 8.43. The van der Waals surface area contributed by atoms with Crippen molar-refractivity contribution in [2.75, 3.05) is 12.0 Å². The van der Waals surface area contributed by atoms with Crippen LogP contribution in [0.4, 0.5) is 5.69 Å². The molecule has 1 saturated heterocycles. The Hall–Kier alpha value is -2.42. The van der Waals surface area contributed by atoms with E-state index in [2.05, 4.69) is 5.32 Å². The van der Waals surface area contributed by atoms with Crippen LogP contribution < -0.4 is 5.32 Å². The van der Waals surface area contributed by atoms with Crippen molar-refractivity contribution in [3.8, 4) is 0 Å². The van der Waals surface area contributed by atoms with Crippen molar-refractivity contribution in [3.63, 3.8) is 0 Å². The first-order chi connectivity index (χ1) is 14.0. The molecule has 3 atom stereocenters. The van der Waals surface area contributed by atoms with Crippen molar-refractivity contribution < 1.29 is 19.3 Å². The van der Waals surface area contributed by atoms with Gasteiger partial charge in [0.2, 0.25) is 17.7 Å². The van der Waals surface area contributed by atoms with Gasteiger partial charge in [-0.15, -0.1) is 0 Å². The van der Waals surface area contributed by atoms with Gasteiger partial charge < -0.3 is 5.32 Å². The third-order valence-corrected chi connectivity index (χ3v) is 6.37. The number of nitrogens with one attached hydrogen (secondary N) is 1. The average Bonchev–Trinajstić information content (AvgIpc) is 2.98. The van der Waals surface area contributed by atoms with E-state index in [9.17, 15) is 24.5 Å². The van der Waals surface area contributed by atoms with Crippen molar-refractivity contribution in [2.24, 2.45) is 11.8 Å². The molecule has 1 heterocycles. The Balaban J connectivity index is 1.76. The van der Waals surface area contributed by atoms with E-state index in [-0.39, 0.29) is 35.9 Å². The van der Waals surface area contributed by atoms with Gasteiger partial charge in [0.05, 0.1) is 16.8 Å². The summed E-state index contributed by atoms with van der Waals surface area (Å²) in [4.78, 5) is 50.6. The Morgan fingerprint density at radius 3 is 2.45 bits per heavy atom. The molecule has 9 heteroatoms. The Morgan fingerprint density at radius 1 is 1.24 bits per heavy atom. The van der Waals surface area contributed by atoms with Gasteiger partial charge in [0.1, 0.15) is 6.04 Å². The fourth-order valence-corrected chi connectivity index (χ4v) is 4.70. The van der Waals surface area contributed by atoms with Crippen LogP contribution in [-0.4, -0.2) is 45.6 Å². The van der Waals surface area contributed by atoms with Gasteiger partial charge in [-0.2, -0.15) is 11.8 Å².